The Labute approximate surface area is 124 Å². The molecule has 1 aromatic carbocycles. The molecule has 1 amide bonds. The van der Waals surface area contributed by atoms with Crippen LogP contribution in [0.25, 0.3) is 0 Å². The Kier molecular flexibility index (Phi) is 5.46. The van der Waals surface area contributed by atoms with Crippen molar-refractivity contribution >= 4 is 17.5 Å². The first-order chi connectivity index (χ1) is 9.70. The third-order valence-corrected chi connectivity index (χ3v) is 3.91. The first-order valence-electron chi connectivity index (χ1n) is 6.88. The number of hydrogen-bond donors (Lipinski definition) is 2. The van der Waals surface area contributed by atoms with Crippen LogP contribution in [0.1, 0.15) is 41.6 Å². The van der Waals surface area contributed by atoms with E-state index >= 15 is 0 Å². The summed E-state index contributed by atoms with van der Waals surface area (Å²) in [6, 6.07) is 5.01. The van der Waals surface area contributed by atoms with Crippen molar-refractivity contribution in [3.8, 4) is 11.8 Å². The van der Waals surface area contributed by atoms with E-state index in [9.17, 15) is 4.79 Å². The maximum atomic E-state index is 12.0. The highest BCUT2D eigenvalue weighted by Gasteiger charge is 2.17. The van der Waals surface area contributed by atoms with Crippen molar-refractivity contribution in [2.24, 2.45) is 5.92 Å². The van der Waals surface area contributed by atoms with Gasteiger partial charge in [-0.25, -0.2) is 0 Å². The van der Waals surface area contributed by atoms with Crippen molar-refractivity contribution in [1.82, 2.24) is 5.32 Å². The van der Waals surface area contributed by atoms with Crippen molar-refractivity contribution in [3.63, 3.8) is 0 Å². The second-order valence-corrected chi connectivity index (χ2v) is 5.40. The minimum atomic E-state index is -0.209. The normalized spacial score (nSPS) is 14.1. The van der Waals surface area contributed by atoms with Crippen LogP contribution in [-0.4, -0.2) is 24.2 Å². The molecule has 0 heterocycles. The average molecular weight is 292 g/mol. The molecule has 0 aliphatic heterocycles. The van der Waals surface area contributed by atoms with Gasteiger partial charge in [0, 0.05) is 17.7 Å². The first-order valence-corrected chi connectivity index (χ1v) is 7.26. The van der Waals surface area contributed by atoms with E-state index in [2.05, 4.69) is 17.2 Å². The van der Waals surface area contributed by atoms with Gasteiger partial charge in [-0.1, -0.05) is 42.7 Å². The number of carbonyl (C=O) groups excluding carboxylic acids is 1. The molecule has 1 fully saturated rings. The molecule has 0 atom stereocenters. The zero-order valence-electron chi connectivity index (χ0n) is 11.3. The molecule has 3 nitrogen and oxygen atoms in total. The second-order valence-electron chi connectivity index (χ2n) is 5.00. The Morgan fingerprint density at radius 2 is 2.25 bits per heavy atom. The molecule has 1 aliphatic rings. The zero-order valence-corrected chi connectivity index (χ0v) is 12.0. The van der Waals surface area contributed by atoms with Gasteiger partial charge in [0.05, 0.1) is 5.02 Å². The Morgan fingerprint density at radius 3 is 2.85 bits per heavy atom. The van der Waals surface area contributed by atoms with E-state index in [0.717, 1.165) is 12.3 Å². The molecule has 0 unspecified atom stereocenters. The van der Waals surface area contributed by atoms with E-state index in [1.165, 1.54) is 19.3 Å². The smallest absolute Gasteiger partial charge is 0.251 e. The SMILES string of the molecule is O=C(NCCC1CCC1)c1ccc(C#CCO)c(Cl)c1. The summed E-state index contributed by atoms with van der Waals surface area (Å²) in [5, 5.41) is 12.0. The maximum Gasteiger partial charge on any atom is 0.251 e. The van der Waals surface area contributed by atoms with E-state index in [0.29, 0.717) is 22.7 Å². The summed E-state index contributed by atoms with van der Waals surface area (Å²) in [7, 11) is 0. The minimum Gasteiger partial charge on any atom is -0.384 e. The molecular weight excluding hydrogens is 274 g/mol. The maximum absolute atomic E-state index is 12.0. The van der Waals surface area contributed by atoms with Gasteiger partial charge in [-0.05, 0) is 30.5 Å². The number of aliphatic hydroxyl groups excluding tert-OH is 1. The lowest BCUT2D eigenvalue weighted by Crippen LogP contribution is -2.27. The number of benzene rings is 1. The largest absolute Gasteiger partial charge is 0.384 e. The molecule has 20 heavy (non-hydrogen) atoms. The summed E-state index contributed by atoms with van der Waals surface area (Å²) >= 11 is 6.06. The number of halogens is 1. The molecule has 1 saturated carbocycles. The van der Waals surface area contributed by atoms with Gasteiger partial charge in [0.25, 0.3) is 5.91 Å². The molecular formula is C16H18ClNO2. The van der Waals surface area contributed by atoms with Crippen molar-refractivity contribution in [2.45, 2.75) is 25.7 Å². The van der Waals surface area contributed by atoms with Crippen LogP contribution in [0.2, 0.25) is 5.02 Å². The number of hydrogen-bond acceptors (Lipinski definition) is 2. The lowest BCUT2D eigenvalue weighted by atomic mass is 9.83. The summed E-state index contributed by atoms with van der Waals surface area (Å²) in [5.41, 5.74) is 1.16. The van der Waals surface area contributed by atoms with Crippen LogP contribution in [0.3, 0.4) is 0 Å². The first kappa shape index (κ1) is 14.9. The Bertz CT molecular complexity index is 541. The predicted molar refractivity (Wildman–Crippen MR) is 79.7 cm³/mol. The number of nitrogens with one attached hydrogen (secondary N) is 1. The second kappa shape index (κ2) is 7.33. The van der Waals surface area contributed by atoms with Crippen LogP contribution in [-0.2, 0) is 0 Å². The number of rotatable bonds is 4. The van der Waals surface area contributed by atoms with Crippen molar-refractivity contribution in [3.05, 3.63) is 34.3 Å². The monoisotopic (exact) mass is 291 g/mol. The molecule has 2 rings (SSSR count). The number of amides is 1. The van der Waals surface area contributed by atoms with Crippen LogP contribution >= 0.6 is 11.6 Å². The van der Waals surface area contributed by atoms with Crippen molar-refractivity contribution in [1.29, 1.82) is 0 Å². The van der Waals surface area contributed by atoms with Crippen LogP contribution in [0.4, 0.5) is 0 Å². The lowest BCUT2D eigenvalue weighted by Gasteiger charge is -2.25. The highest BCUT2D eigenvalue weighted by Crippen LogP contribution is 2.28. The van der Waals surface area contributed by atoms with Gasteiger partial charge in [0.1, 0.15) is 6.61 Å². The topological polar surface area (TPSA) is 49.3 Å². The highest BCUT2D eigenvalue weighted by atomic mass is 35.5. The molecule has 2 N–H and O–H groups in total. The fourth-order valence-electron chi connectivity index (χ4n) is 2.17. The molecule has 1 aliphatic carbocycles. The molecule has 0 aromatic heterocycles. The average Bonchev–Trinajstić information content (AvgIpc) is 2.40. The van der Waals surface area contributed by atoms with Gasteiger partial charge in [-0.3, -0.25) is 4.79 Å². The fraction of sp³-hybridized carbons (Fsp3) is 0.438. The summed E-state index contributed by atoms with van der Waals surface area (Å²) < 4.78 is 0. The molecule has 1 aromatic rings. The van der Waals surface area contributed by atoms with E-state index in [1.807, 2.05) is 0 Å². The Hall–Kier alpha value is -1.50. The van der Waals surface area contributed by atoms with Crippen LogP contribution in [0.15, 0.2) is 18.2 Å². The number of carbonyl (C=O) groups is 1. The van der Waals surface area contributed by atoms with Crippen LogP contribution in [0, 0.1) is 17.8 Å². The summed E-state index contributed by atoms with van der Waals surface area (Å²) in [5.74, 6) is 5.96. The van der Waals surface area contributed by atoms with Gasteiger partial charge < -0.3 is 10.4 Å². The zero-order chi connectivity index (χ0) is 14.4. The standard InChI is InChI=1S/C16H18ClNO2/c17-15-11-14(7-6-13(15)5-2-10-19)16(20)18-9-8-12-3-1-4-12/h6-7,11-12,19H,1,3-4,8-10H2,(H,18,20). The highest BCUT2D eigenvalue weighted by molar-refractivity contribution is 6.32. The summed E-state index contributed by atoms with van der Waals surface area (Å²) in [6.07, 6.45) is 4.96. The van der Waals surface area contributed by atoms with E-state index in [-0.39, 0.29) is 12.5 Å². The third-order valence-electron chi connectivity index (χ3n) is 3.60. The minimum absolute atomic E-state index is 0.104. The van der Waals surface area contributed by atoms with Gasteiger partial charge in [0.15, 0.2) is 0 Å². The summed E-state index contributed by atoms with van der Waals surface area (Å²) in [6.45, 7) is 0.507. The van der Waals surface area contributed by atoms with Crippen molar-refractivity contribution < 1.29 is 9.90 Å². The summed E-state index contributed by atoms with van der Waals surface area (Å²) in [4.78, 5) is 12.0. The number of aliphatic hydroxyl groups is 1. The van der Waals surface area contributed by atoms with Crippen LogP contribution < -0.4 is 5.32 Å². The molecule has 0 bridgehead atoms. The van der Waals surface area contributed by atoms with Gasteiger partial charge >= 0.3 is 0 Å². The predicted octanol–water partition coefficient (Wildman–Crippen LogP) is 2.60. The lowest BCUT2D eigenvalue weighted by molar-refractivity contribution is 0.0949. The van der Waals surface area contributed by atoms with E-state index in [1.54, 1.807) is 18.2 Å². The van der Waals surface area contributed by atoms with Gasteiger partial charge in [-0.15, -0.1) is 0 Å². The van der Waals surface area contributed by atoms with Gasteiger partial charge in [-0.2, -0.15) is 0 Å². The molecule has 4 heteroatoms. The molecule has 0 saturated heterocycles. The van der Waals surface area contributed by atoms with Gasteiger partial charge in [0.2, 0.25) is 0 Å². The van der Waals surface area contributed by atoms with E-state index in [4.69, 9.17) is 16.7 Å². The molecule has 0 radical (unpaired) electrons. The quantitative estimate of drug-likeness (QED) is 0.838. The molecule has 106 valence electrons. The van der Waals surface area contributed by atoms with E-state index < -0.39 is 0 Å². The van der Waals surface area contributed by atoms with Crippen LogP contribution in [0.5, 0.6) is 0 Å². The fourth-order valence-corrected chi connectivity index (χ4v) is 2.39. The Balaban J connectivity index is 1.90. The molecule has 0 spiro atoms. The van der Waals surface area contributed by atoms with Crippen molar-refractivity contribution in [2.75, 3.05) is 13.2 Å². The third kappa shape index (κ3) is 4.00. The Morgan fingerprint density at radius 1 is 1.45 bits per heavy atom.